The maximum Gasteiger partial charge on any atom is 0.343 e. The van der Waals surface area contributed by atoms with Gasteiger partial charge in [-0.2, -0.15) is 0 Å². The molecule has 222 valence electrons. The van der Waals surface area contributed by atoms with Crippen molar-refractivity contribution in [3.8, 4) is 46.0 Å². The van der Waals surface area contributed by atoms with Gasteiger partial charge in [0.05, 0.1) is 48.7 Å². The maximum atomic E-state index is 13.4. The number of hydrogen-bond acceptors (Lipinski definition) is 11. The first-order chi connectivity index (χ1) is 20.5. The fraction of sp³-hybridized carbons (Fsp3) is 0.387. The third-order valence-corrected chi connectivity index (χ3v) is 8.02. The Kier molecular flexibility index (Phi) is 7.28. The van der Waals surface area contributed by atoms with Crippen LogP contribution in [0.1, 0.15) is 44.8 Å². The first kappa shape index (κ1) is 27.6. The number of ether oxygens (including phenoxy) is 9. The van der Waals surface area contributed by atoms with Crippen LogP contribution in [-0.2, 0) is 17.7 Å². The fourth-order valence-electron chi connectivity index (χ4n) is 6.24. The van der Waals surface area contributed by atoms with Crippen molar-refractivity contribution in [1.29, 1.82) is 0 Å². The SMILES string of the molecule is COc1cc(CN2CCc3cc4c(c(OC)c3C2[C@H]2OC(=O)c3c2ccc(OC)c3OC)OCO4)cc(OC)c1OC. The lowest BCUT2D eigenvalue weighted by Crippen LogP contribution is -2.38. The highest BCUT2D eigenvalue weighted by Crippen LogP contribution is 2.56. The van der Waals surface area contributed by atoms with E-state index < -0.39 is 18.1 Å². The highest BCUT2D eigenvalue weighted by Gasteiger charge is 2.47. The van der Waals surface area contributed by atoms with E-state index in [2.05, 4.69) is 4.90 Å². The number of rotatable bonds is 9. The summed E-state index contributed by atoms with van der Waals surface area (Å²) in [5, 5.41) is 0. The zero-order valence-corrected chi connectivity index (χ0v) is 24.4. The van der Waals surface area contributed by atoms with Gasteiger partial charge in [0.25, 0.3) is 0 Å². The van der Waals surface area contributed by atoms with Gasteiger partial charge >= 0.3 is 5.97 Å². The second-order valence-corrected chi connectivity index (χ2v) is 10.0. The molecule has 0 N–H and O–H groups in total. The lowest BCUT2D eigenvalue weighted by Gasteiger charge is -2.40. The lowest BCUT2D eigenvalue weighted by molar-refractivity contribution is 0.000505. The summed E-state index contributed by atoms with van der Waals surface area (Å²) in [6, 6.07) is 9.05. The second-order valence-electron chi connectivity index (χ2n) is 10.0. The standard InChI is InChI=1S/C31H33NO10/c1-34-19-8-7-18-24(28(19)38-5)31(33)42-26(18)25-23-17(13-22-29(30(23)39-6)41-15-40-22)9-10-32(25)14-16-11-20(35-2)27(37-4)21(12-16)36-3/h7-8,11-13,25-26H,9-10,14-15H2,1-6H3/t25?,26-/m0/s1. The summed E-state index contributed by atoms with van der Waals surface area (Å²) in [5.74, 6) is 3.66. The summed E-state index contributed by atoms with van der Waals surface area (Å²) in [5.41, 5.74) is 3.88. The molecular formula is C31H33NO10. The Morgan fingerprint density at radius 2 is 1.50 bits per heavy atom. The number of nitrogens with zero attached hydrogens (tertiary/aromatic N) is 1. The Bertz CT molecular complexity index is 1510. The summed E-state index contributed by atoms with van der Waals surface area (Å²) >= 11 is 0. The van der Waals surface area contributed by atoms with E-state index in [1.54, 1.807) is 34.5 Å². The number of fused-ring (bicyclic) bond motifs is 3. The number of carbonyl (C=O) groups is 1. The van der Waals surface area contributed by atoms with Crippen LogP contribution >= 0.6 is 0 Å². The van der Waals surface area contributed by atoms with E-state index in [9.17, 15) is 4.79 Å². The molecule has 0 saturated heterocycles. The molecule has 0 spiro atoms. The fourth-order valence-corrected chi connectivity index (χ4v) is 6.24. The molecule has 3 aromatic carbocycles. The second kappa shape index (κ2) is 11.1. The molecular weight excluding hydrogens is 546 g/mol. The highest BCUT2D eigenvalue weighted by molar-refractivity contribution is 5.98. The lowest BCUT2D eigenvalue weighted by atomic mass is 9.84. The van der Waals surface area contributed by atoms with Crippen LogP contribution in [0.25, 0.3) is 0 Å². The molecule has 3 heterocycles. The van der Waals surface area contributed by atoms with E-state index >= 15 is 0 Å². The Labute approximate surface area is 243 Å². The topological polar surface area (TPSA) is 103 Å². The Morgan fingerprint density at radius 1 is 0.810 bits per heavy atom. The van der Waals surface area contributed by atoms with Gasteiger partial charge in [-0.25, -0.2) is 4.79 Å². The van der Waals surface area contributed by atoms with Crippen LogP contribution < -0.4 is 37.9 Å². The van der Waals surface area contributed by atoms with Crippen molar-refractivity contribution >= 4 is 5.97 Å². The smallest absolute Gasteiger partial charge is 0.343 e. The number of cyclic esters (lactones) is 1. The van der Waals surface area contributed by atoms with E-state index in [0.29, 0.717) is 76.6 Å². The third kappa shape index (κ3) is 4.27. The molecule has 0 aliphatic carbocycles. The van der Waals surface area contributed by atoms with Crippen LogP contribution in [0.5, 0.6) is 46.0 Å². The van der Waals surface area contributed by atoms with Crippen molar-refractivity contribution in [2.75, 3.05) is 56.0 Å². The summed E-state index contributed by atoms with van der Waals surface area (Å²) in [7, 11) is 9.40. The van der Waals surface area contributed by atoms with Crippen LogP contribution in [0.2, 0.25) is 0 Å². The van der Waals surface area contributed by atoms with Crippen molar-refractivity contribution < 1.29 is 47.4 Å². The van der Waals surface area contributed by atoms with Crippen LogP contribution in [0.3, 0.4) is 0 Å². The van der Waals surface area contributed by atoms with Crippen LogP contribution in [0.4, 0.5) is 0 Å². The normalized spacial score (nSPS) is 18.6. The van der Waals surface area contributed by atoms with Gasteiger partial charge in [0.1, 0.15) is 11.7 Å². The summed E-state index contributed by atoms with van der Waals surface area (Å²) in [4.78, 5) is 15.7. The molecule has 11 nitrogen and oxygen atoms in total. The highest BCUT2D eigenvalue weighted by atomic mass is 16.7. The number of benzene rings is 3. The number of hydrogen-bond donors (Lipinski definition) is 0. The Morgan fingerprint density at radius 3 is 2.14 bits per heavy atom. The van der Waals surface area contributed by atoms with Crippen molar-refractivity contribution in [2.24, 2.45) is 0 Å². The van der Waals surface area contributed by atoms with E-state index in [0.717, 1.165) is 16.7 Å². The van der Waals surface area contributed by atoms with Gasteiger partial charge in [-0.3, -0.25) is 4.90 Å². The van der Waals surface area contributed by atoms with Crippen LogP contribution in [-0.4, -0.2) is 66.9 Å². The average Bonchev–Trinajstić information content (AvgIpc) is 3.62. The minimum absolute atomic E-state index is 0.104. The largest absolute Gasteiger partial charge is 0.493 e. The number of carbonyl (C=O) groups excluding carboxylic acids is 1. The molecule has 0 fully saturated rings. The quantitative estimate of drug-likeness (QED) is 0.335. The minimum atomic E-state index is -0.678. The van der Waals surface area contributed by atoms with Crippen molar-refractivity contribution in [3.05, 3.63) is 58.1 Å². The van der Waals surface area contributed by atoms with Gasteiger partial charge < -0.3 is 42.6 Å². The molecule has 3 aliphatic rings. The molecule has 0 amide bonds. The zero-order chi connectivity index (χ0) is 29.5. The van der Waals surface area contributed by atoms with Gasteiger partial charge in [-0.05, 0) is 41.8 Å². The van der Waals surface area contributed by atoms with Gasteiger partial charge in [-0.15, -0.1) is 0 Å². The predicted octanol–water partition coefficient (Wildman–Crippen LogP) is 4.48. The average molecular weight is 580 g/mol. The molecule has 0 bridgehead atoms. The number of methoxy groups -OCH3 is 6. The third-order valence-electron chi connectivity index (χ3n) is 8.02. The van der Waals surface area contributed by atoms with Crippen LogP contribution in [0.15, 0.2) is 30.3 Å². The summed E-state index contributed by atoms with van der Waals surface area (Å²) in [6.45, 7) is 1.25. The predicted molar refractivity (Wildman–Crippen MR) is 150 cm³/mol. The summed E-state index contributed by atoms with van der Waals surface area (Å²) < 4.78 is 51.5. The van der Waals surface area contributed by atoms with Crippen LogP contribution in [0, 0.1) is 0 Å². The van der Waals surface area contributed by atoms with Gasteiger partial charge in [-0.1, -0.05) is 6.07 Å². The minimum Gasteiger partial charge on any atom is -0.493 e. The Hall–Kier alpha value is -4.51. The van der Waals surface area contributed by atoms with E-state index in [-0.39, 0.29) is 6.79 Å². The van der Waals surface area contributed by atoms with Gasteiger partial charge in [0.15, 0.2) is 34.5 Å². The molecule has 6 rings (SSSR count). The van der Waals surface area contributed by atoms with Crippen molar-refractivity contribution in [3.63, 3.8) is 0 Å². The molecule has 0 aromatic heterocycles. The maximum absolute atomic E-state index is 13.4. The zero-order valence-electron chi connectivity index (χ0n) is 24.4. The summed E-state index contributed by atoms with van der Waals surface area (Å²) in [6.07, 6.45) is 0.0329. The van der Waals surface area contributed by atoms with Gasteiger partial charge in [0, 0.05) is 24.2 Å². The number of esters is 1. The molecule has 1 unspecified atom stereocenters. The molecule has 3 aliphatic heterocycles. The molecule has 2 atom stereocenters. The monoisotopic (exact) mass is 579 g/mol. The Balaban J connectivity index is 1.51. The van der Waals surface area contributed by atoms with Crippen molar-refractivity contribution in [1.82, 2.24) is 4.90 Å². The molecule has 0 radical (unpaired) electrons. The van der Waals surface area contributed by atoms with E-state index in [4.69, 9.17) is 42.6 Å². The molecule has 11 heteroatoms. The van der Waals surface area contributed by atoms with Crippen molar-refractivity contribution in [2.45, 2.75) is 25.1 Å². The first-order valence-electron chi connectivity index (χ1n) is 13.5. The molecule has 3 aromatic rings. The van der Waals surface area contributed by atoms with E-state index in [1.165, 1.54) is 14.2 Å². The molecule has 42 heavy (non-hydrogen) atoms. The molecule has 0 saturated carbocycles. The first-order valence-corrected chi connectivity index (χ1v) is 13.5. The van der Waals surface area contributed by atoms with E-state index in [1.807, 2.05) is 24.3 Å². The van der Waals surface area contributed by atoms with Gasteiger partial charge in [0.2, 0.25) is 18.3 Å².